The van der Waals surface area contributed by atoms with E-state index in [0.29, 0.717) is 5.56 Å². The van der Waals surface area contributed by atoms with Crippen LogP contribution in [0.1, 0.15) is 33.6 Å². The summed E-state index contributed by atoms with van der Waals surface area (Å²) in [5.74, 6) is -2.86. The minimum atomic E-state index is -1.35. The monoisotopic (exact) mass is 476 g/mol. The van der Waals surface area contributed by atoms with Crippen molar-refractivity contribution in [1.82, 2.24) is 4.57 Å². The molecule has 0 amide bonds. The van der Waals surface area contributed by atoms with Crippen LogP contribution in [-0.2, 0) is 16.2 Å². The minimum Gasteiger partial charge on any atom is -0.477 e. The first-order valence-electron chi connectivity index (χ1n) is 10.6. The molecule has 0 saturated carbocycles. The highest BCUT2D eigenvalue weighted by Gasteiger charge is 2.31. The van der Waals surface area contributed by atoms with E-state index in [9.17, 15) is 23.5 Å². The minimum absolute atomic E-state index is 0.0928. The van der Waals surface area contributed by atoms with Gasteiger partial charge in [-0.3, -0.25) is 4.79 Å². The molecule has 0 aliphatic heterocycles. The van der Waals surface area contributed by atoms with Crippen LogP contribution < -0.4 is 0 Å². The van der Waals surface area contributed by atoms with Crippen molar-refractivity contribution < 1.29 is 32.7 Å². The fraction of sp³-hybridized carbons (Fsp3) is 0.115. The SMILES string of the molecule is CO/N=C\c1ccc(F)c(Cn2c(C(=O)O)c(C3=CC=CCC3=O)c3c4occc4c(F)cc32)c1. The zero-order valence-corrected chi connectivity index (χ0v) is 18.4. The van der Waals surface area contributed by atoms with E-state index in [0.717, 1.165) is 0 Å². The summed E-state index contributed by atoms with van der Waals surface area (Å²) in [4.78, 5) is 30.0. The number of carboxylic acids is 1. The third-order valence-corrected chi connectivity index (χ3v) is 5.90. The molecular weight excluding hydrogens is 458 g/mol. The first-order valence-corrected chi connectivity index (χ1v) is 10.6. The normalized spacial score (nSPS) is 13.8. The molecule has 0 saturated heterocycles. The van der Waals surface area contributed by atoms with Gasteiger partial charge in [-0.2, -0.15) is 0 Å². The molecule has 1 N–H and O–H groups in total. The van der Waals surface area contributed by atoms with Crippen molar-refractivity contribution in [2.24, 2.45) is 5.16 Å². The second-order valence-electron chi connectivity index (χ2n) is 7.93. The van der Waals surface area contributed by atoms with Gasteiger partial charge in [-0.25, -0.2) is 13.6 Å². The van der Waals surface area contributed by atoms with Crippen LogP contribution in [0.3, 0.4) is 0 Å². The van der Waals surface area contributed by atoms with Gasteiger partial charge in [0.2, 0.25) is 0 Å². The molecule has 5 rings (SSSR count). The number of Topliss-reactive ketones (excluding diaryl/α,β-unsaturated/α-hetero) is 1. The van der Waals surface area contributed by atoms with E-state index in [1.165, 1.54) is 60.6 Å². The Kier molecular flexibility index (Phi) is 5.52. The molecule has 9 heteroatoms. The summed E-state index contributed by atoms with van der Waals surface area (Å²) in [6.07, 6.45) is 7.62. The summed E-state index contributed by atoms with van der Waals surface area (Å²) in [6, 6.07) is 6.82. The van der Waals surface area contributed by atoms with Crippen LogP contribution in [0.5, 0.6) is 0 Å². The van der Waals surface area contributed by atoms with E-state index >= 15 is 0 Å². The standard InChI is InChI=1S/C26H18F2N2O5/c1-34-29-12-14-6-7-18(27)15(10-14)13-30-20-11-19(28)16-8-9-35-25(16)23(20)22(24(30)26(32)33)17-4-2-3-5-21(17)31/h2-4,6-12H,5,13H2,1H3,(H,32,33)/b29-12-. The average Bonchev–Trinajstić information content (AvgIpc) is 3.44. The zero-order chi connectivity index (χ0) is 24.7. The largest absolute Gasteiger partial charge is 0.477 e. The number of ketones is 1. The molecule has 0 bridgehead atoms. The number of aromatic carboxylic acids is 1. The van der Waals surface area contributed by atoms with E-state index in [-0.39, 0.29) is 63.0 Å². The number of hydrogen-bond donors (Lipinski definition) is 1. The fourth-order valence-corrected chi connectivity index (χ4v) is 4.40. The molecule has 1 aliphatic carbocycles. The lowest BCUT2D eigenvalue weighted by atomic mass is 9.93. The molecular formula is C26H18F2N2O5. The summed E-state index contributed by atoms with van der Waals surface area (Å²) in [5, 5.41) is 14.3. The van der Waals surface area contributed by atoms with Gasteiger partial charge in [0, 0.05) is 23.1 Å². The number of carboxylic acid groups (broad SMARTS) is 1. The molecule has 176 valence electrons. The Hall–Kier alpha value is -4.53. The molecule has 2 heterocycles. The van der Waals surface area contributed by atoms with Gasteiger partial charge in [-0.15, -0.1) is 0 Å². The number of aromatic nitrogens is 1. The van der Waals surface area contributed by atoms with E-state index < -0.39 is 17.6 Å². The Bertz CT molecular complexity index is 1610. The highest BCUT2D eigenvalue weighted by Crippen LogP contribution is 2.40. The third kappa shape index (κ3) is 3.71. The van der Waals surface area contributed by atoms with Gasteiger partial charge >= 0.3 is 5.97 Å². The lowest BCUT2D eigenvalue weighted by molar-refractivity contribution is -0.113. The average molecular weight is 476 g/mol. The van der Waals surface area contributed by atoms with Gasteiger partial charge in [-0.05, 0) is 29.8 Å². The molecule has 2 aromatic carbocycles. The smallest absolute Gasteiger partial charge is 0.353 e. The first-order chi connectivity index (χ1) is 16.9. The number of carbonyl (C=O) groups is 2. The maximum Gasteiger partial charge on any atom is 0.353 e. The Morgan fingerprint density at radius 1 is 1.26 bits per heavy atom. The van der Waals surface area contributed by atoms with Gasteiger partial charge in [0.1, 0.15) is 30.0 Å². The first kappa shape index (κ1) is 22.3. The predicted octanol–water partition coefficient (Wildman–Crippen LogP) is 5.30. The molecule has 0 fully saturated rings. The Morgan fingerprint density at radius 2 is 2.09 bits per heavy atom. The number of nitrogens with zero attached hydrogens (tertiary/aromatic N) is 2. The van der Waals surface area contributed by atoms with Crippen molar-refractivity contribution in [3.05, 3.63) is 88.8 Å². The molecule has 0 atom stereocenters. The molecule has 0 spiro atoms. The fourth-order valence-electron chi connectivity index (χ4n) is 4.40. The topological polar surface area (TPSA) is 94.0 Å². The van der Waals surface area contributed by atoms with Crippen LogP contribution in [0, 0.1) is 11.6 Å². The number of fused-ring (bicyclic) bond motifs is 3. The number of halogens is 2. The van der Waals surface area contributed by atoms with Gasteiger partial charge < -0.3 is 18.9 Å². The number of furan rings is 1. The zero-order valence-electron chi connectivity index (χ0n) is 18.4. The molecule has 1 aliphatic rings. The highest BCUT2D eigenvalue weighted by atomic mass is 19.1. The number of oxime groups is 1. The van der Waals surface area contributed by atoms with Crippen LogP contribution in [0.4, 0.5) is 8.78 Å². The van der Waals surface area contributed by atoms with Crippen molar-refractivity contribution in [2.45, 2.75) is 13.0 Å². The van der Waals surface area contributed by atoms with Gasteiger partial charge in [-0.1, -0.05) is 29.5 Å². The number of benzene rings is 2. The van der Waals surface area contributed by atoms with E-state index in [1.54, 1.807) is 12.2 Å². The second kappa shape index (κ2) is 8.68. The van der Waals surface area contributed by atoms with E-state index in [4.69, 9.17) is 4.42 Å². The summed E-state index contributed by atoms with van der Waals surface area (Å²) < 4.78 is 36.7. The van der Waals surface area contributed by atoms with Crippen LogP contribution >= 0.6 is 0 Å². The molecule has 0 radical (unpaired) electrons. The summed E-state index contributed by atoms with van der Waals surface area (Å²) >= 11 is 0. The quantitative estimate of drug-likeness (QED) is 0.301. The lowest BCUT2D eigenvalue weighted by Crippen LogP contribution is -2.14. The van der Waals surface area contributed by atoms with Crippen molar-refractivity contribution in [3.63, 3.8) is 0 Å². The van der Waals surface area contributed by atoms with E-state index in [2.05, 4.69) is 9.99 Å². The molecule has 0 unspecified atom stereocenters. The maximum atomic E-state index is 15.0. The Balaban J connectivity index is 1.85. The molecule has 4 aromatic rings. The van der Waals surface area contributed by atoms with E-state index in [1.807, 2.05) is 0 Å². The highest BCUT2D eigenvalue weighted by molar-refractivity contribution is 6.29. The van der Waals surface area contributed by atoms with Crippen molar-refractivity contribution in [3.8, 4) is 0 Å². The van der Waals surface area contributed by atoms with Gasteiger partial charge in [0.25, 0.3) is 0 Å². The molecule has 7 nitrogen and oxygen atoms in total. The van der Waals surface area contributed by atoms with Crippen LogP contribution in [-0.4, -0.2) is 34.8 Å². The summed E-state index contributed by atoms with van der Waals surface area (Å²) in [6.45, 7) is -0.248. The molecule has 2 aromatic heterocycles. The number of carbonyl (C=O) groups excluding carboxylic acids is 1. The van der Waals surface area contributed by atoms with Gasteiger partial charge in [0.05, 0.1) is 35.3 Å². The van der Waals surface area contributed by atoms with Crippen molar-refractivity contribution in [2.75, 3.05) is 7.11 Å². The second-order valence-corrected chi connectivity index (χ2v) is 7.93. The number of rotatable bonds is 6. The van der Waals surface area contributed by atoms with Crippen molar-refractivity contribution >= 4 is 45.4 Å². The van der Waals surface area contributed by atoms with Crippen molar-refractivity contribution in [1.29, 1.82) is 0 Å². The third-order valence-electron chi connectivity index (χ3n) is 5.90. The van der Waals surface area contributed by atoms with Gasteiger partial charge in [0.15, 0.2) is 5.78 Å². The number of allylic oxidation sites excluding steroid dienone is 4. The Labute approximate surface area is 197 Å². The lowest BCUT2D eigenvalue weighted by Gasteiger charge is -2.12. The van der Waals surface area contributed by atoms with Crippen LogP contribution in [0.25, 0.3) is 27.4 Å². The maximum absolute atomic E-state index is 15.0. The summed E-state index contributed by atoms with van der Waals surface area (Å²) in [5.41, 5.74) is 0.940. The van der Waals surface area contributed by atoms with Crippen LogP contribution in [0.15, 0.2) is 64.4 Å². The predicted molar refractivity (Wildman–Crippen MR) is 125 cm³/mol. The molecule has 35 heavy (non-hydrogen) atoms. The number of hydrogen-bond acceptors (Lipinski definition) is 5. The van der Waals surface area contributed by atoms with Crippen LogP contribution in [0.2, 0.25) is 0 Å². The summed E-state index contributed by atoms with van der Waals surface area (Å²) in [7, 11) is 1.37. The Morgan fingerprint density at radius 3 is 2.83 bits per heavy atom.